The van der Waals surface area contributed by atoms with Crippen LogP contribution >= 0.6 is 0 Å². The van der Waals surface area contributed by atoms with Crippen molar-refractivity contribution in [3.63, 3.8) is 0 Å². The number of aryl methyl sites for hydroxylation is 1. The normalized spacial score (nSPS) is 25.3. The summed E-state index contributed by atoms with van der Waals surface area (Å²) >= 11 is 0. The van der Waals surface area contributed by atoms with Gasteiger partial charge in [-0.1, -0.05) is 0 Å². The molecule has 1 amide bonds. The molecule has 2 heterocycles. The fourth-order valence-corrected chi connectivity index (χ4v) is 2.81. The van der Waals surface area contributed by atoms with Gasteiger partial charge in [0, 0.05) is 12.6 Å². The standard InChI is InChI=1S/C13H17N3O3/c17-12(15-9-5-8(6-9)13(18)19)10-7-14-16-4-2-1-3-11(10)16/h7-9H,1-6H2,(H,15,17)(H,18,19). The predicted octanol–water partition coefficient (Wildman–Crippen LogP) is 0.812. The number of hydrogen-bond donors (Lipinski definition) is 2. The van der Waals surface area contributed by atoms with Gasteiger partial charge >= 0.3 is 5.97 Å². The Hall–Kier alpha value is -1.85. The molecule has 0 bridgehead atoms. The molecule has 1 fully saturated rings. The molecule has 1 aliphatic heterocycles. The van der Waals surface area contributed by atoms with Crippen LogP contribution in [0.25, 0.3) is 0 Å². The van der Waals surface area contributed by atoms with E-state index in [1.165, 1.54) is 0 Å². The molecule has 2 N–H and O–H groups in total. The molecule has 6 heteroatoms. The molecule has 3 rings (SSSR count). The van der Waals surface area contributed by atoms with Crippen molar-refractivity contribution in [2.24, 2.45) is 5.92 Å². The van der Waals surface area contributed by atoms with E-state index in [4.69, 9.17) is 5.11 Å². The van der Waals surface area contributed by atoms with Crippen LogP contribution < -0.4 is 5.32 Å². The third-order valence-corrected chi connectivity index (χ3v) is 4.05. The maximum Gasteiger partial charge on any atom is 0.306 e. The first-order valence-electron chi connectivity index (χ1n) is 6.73. The number of carboxylic acids is 1. The second-order valence-electron chi connectivity index (χ2n) is 5.36. The minimum atomic E-state index is -0.770. The number of nitrogens with zero attached hydrogens (tertiary/aromatic N) is 2. The maximum atomic E-state index is 12.1. The average Bonchev–Trinajstić information content (AvgIpc) is 2.76. The van der Waals surface area contributed by atoms with Crippen LogP contribution in [0, 0.1) is 5.92 Å². The molecule has 1 saturated carbocycles. The Bertz CT molecular complexity index is 517. The van der Waals surface area contributed by atoms with Crippen LogP contribution in [-0.4, -0.2) is 32.8 Å². The number of fused-ring (bicyclic) bond motifs is 1. The molecule has 1 aromatic heterocycles. The van der Waals surface area contributed by atoms with E-state index >= 15 is 0 Å². The third-order valence-electron chi connectivity index (χ3n) is 4.05. The summed E-state index contributed by atoms with van der Waals surface area (Å²) in [6.45, 7) is 0.882. The van der Waals surface area contributed by atoms with Crippen molar-refractivity contribution in [3.05, 3.63) is 17.5 Å². The lowest BCUT2D eigenvalue weighted by Gasteiger charge is -2.32. The van der Waals surface area contributed by atoms with Gasteiger partial charge in [0.15, 0.2) is 0 Å². The first-order valence-corrected chi connectivity index (χ1v) is 6.73. The monoisotopic (exact) mass is 263 g/mol. The number of hydrogen-bond acceptors (Lipinski definition) is 3. The van der Waals surface area contributed by atoms with E-state index in [1.807, 2.05) is 4.68 Å². The summed E-state index contributed by atoms with van der Waals surface area (Å²) < 4.78 is 1.90. The smallest absolute Gasteiger partial charge is 0.306 e. The van der Waals surface area contributed by atoms with Crippen molar-refractivity contribution in [1.82, 2.24) is 15.1 Å². The molecule has 0 spiro atoms. The molecule has 0 aromatic carbocycles. The number of amides is 1. The van der Waals surface area contributed by atoms with Crippen LogP contribution in [0.15, 0.2) is 6.20 Å². The molecule has 1 aliphatic carbocycles. The summed E-state index contributed by atoms with van der Waals surface area (Å²) in [5, 5.41) is 15.9. The Labute approximate surface area is 110 Å². The maximum absolute atomic E-state index is 12.1. The van der Waals surface area contributed by atoms with E-state index in [9.17, 15) is 9.59 Å². The second-order valence-corrected chi connectivity index (χ2v) is 5.36. The number of rotatable bonds is 3. The Kier molecular flexibility index (Phi) is 3.00. The highest BCUT2D eigenvalue weighted by atomic mass is 16.4. The van der Waals surface area contributed by atoms with E-state index in [0.29, 0.717) is 18.4 Å². The molecular formula is C13H17N3O3. The molecule has 6 nitrogen and oxygen atoms in total. The van der Waals surface area contributed by atoms with Crippen molar-refractivity contribution >= 4 is 11.9 Å². The summed E-state index contributed by atoms with van der Waals surface area (Å²) in [6.07, 6.45) is 5.79. The zero-order valence-corrected chi connectivity index (χ0v) is 10.6. The number of aromatic nitrogens is 2. The van der Waals surface area contributed by atoms with E-state index in [2.05, 4.69) is 10.4 Å². The summed E-state index contributed by atoms with van der Waals surface area (Å²) in [6, 6.07) is -0.00672. The van der Waals surface area contributed by atoms with Gasteiger partial charge in [-0.15, -0.1) is 0 Å². The largest absolute Gasteiger partial charge is 0.481 e. The van der Waals surface area contributed by atoms with Gasteiger partial charge in [-0.05, 0) is 32.1 Å². The second kappa shape index (κ2) is 4.68. The number of aliphatic carboxylic acids is 1. The summed E-state index contributed by atoms with van der Waals surface area (Å²) in [5.41, 5.74) is 1.66. The van der Waals surface area contributed by atoms with Gasteiger partial charge < -0.3 is 10.4 Å². The van der Waals surface area contributed by atoms with Gasteiger partial charge in [-0.3, -0.25) is 14.3 Å². The van der Waals surface area contributed by atoms with Crippen molar-refractivity contribution < 1.29 is 14.7 Å². The molecule has 19 heavy (non-hydrogen) atoms. The summed E-state index contributed by atoms with van der Waals surface area (Å²) in [4.78, 5) is 22.9. The van der Waals surface area contributed by atoms with Crippen LogP contribution in [0.1, 0.15) is 41.7 Å². The van der Waals surface area contributed by atoms with Gasteiger partial charge in [0.25, 0.3) is 5.91 Å². The topological polar surface area (TPSA) is 84.2 Å². The fourth-order valence-electron chi connectivity index (χ4n) is 2.81. The lowest BCUT2D eigenvalue weighted by Crippen LogP contribution is -2.46. The molecular weight excluding hydrogens is 246 g/mol. The van der Waals surface area contributed by atoms with E-state index in [-0.39, 0.29) is 17.9 Å². The SMILES string of the molecule is O=C(NC1CC(C(=O)O)C1)c1cnn2c1CCCC2. The van der Waals surface area contributed by atoms with E-state index in [0.717, 1.165) is 31.5 Å². The molecule has 0 radical (unpaired) electrons. The predicted molar refractivity (Wildman–Crippen MR) is 66.8 cm³/mol. The Balaban J connectivity index is 1.62. The highest BCUT2D eigenvalue weighted by Gasteiger charge is 2.35. The molecule has 0 atom stereocenters. The van der Waals surface area contributed by atoms with Gasteiger partial charge in [0.2, 0.25) is 0 Å². The summed E-state index contributed by atoms with van der Waals surface area (Å²) in [7, 11) is 0. The highest BCUT2D eigenvalue weighted by molar-refractivity contribution is 5.95. The number of carboxylic acid groups (broad SMARTS) is 1. The molecule has 1 aromatic rings. The number of nitrogens with one attached hydrogen (secondary N) is 1. The van der Waals surface area contributed by atoms with Gasteiger partial charge in [-0.2, -0.15) is 5.10 Å². The van der Waals surface area contributed by atoms with Crippen LogP contribution in [0.3, 0.4) is 0 Å². The van der Waals surface area contributed by atoms with E-state index in [1.54, 1.807) is 6.20 Å². The van der Waals surface area contributed by atoms with Crippen LogP contribution in [-0.2, 0) is 17.8 Å². The minimum absolute atomic E-state index is 0.00672. The minimum Gasteiger partial charge on any atom is -0.481 e. The highest BCUT2D eigenvalue weighted by Crippen LogP contribution is 2.28. The summed E-state index contributed by atoms with van der Waals surface area (Å²) in [5.74, 6) is -1.18. The van der Waals surface area contributed by atoms with Crippen molar-refractivity contribution in [1.29, 1.82) is 0 Å². The van der Waals surface area contributed by atoms with E-state index < -0.39 is 5.97 Å². The van der Waals surface area contributed by atoms with Gasteiger partial charge in [-0.25, -0.2) is 0 Å². The Morgan fingerprint density at radius 1 is 1.37 bits per heavy atom. The first-order chi connectivity index (χ1) is 9.15. The Morgan fingerprint density at radius 2 is 2.16 bits per heavy atom. The quantitative estimate of drug-likeness (QED) is 0.845. The molecule has 2 aliphatic rings. The van der Waals surface area contributed by atoms with Crippen molar-refractivity contribution in [2.45, 2.75) is 44.7 Å². The number of carbonyl (C=O) groups is 2. The van der Waals surface area contributed by atoms with Crippen LogP contribution in [0.2, 0.25) is 0 Å². The molecule has 102 valence electrons. The number of carbonyl (C=O) groups excluding carboxylic acids is 1. The zero-order valence-electron chi connectivity index (χ0n) is 10.6. The van der Waals surface area contributed by atoms with Crippen LogP contribution in [0.4, 0.5) is 0 Å². The fraction of sp³-hybridized carbons (Fsp3) is 0.615. The Morgan fingerprint density at radius 3 is 2.89 bits per heavy atom. The van der Waals surface area contributed by atoms with Crippen LogP contribution in [0.5, 0.6) is 0 Å². The molecule has 0 unspecified atom stereocenters. The van der Waals surface area contributed by atoms with Crippen molar-refractivity contribution in [2.75, 3.05) is 0 Å². The lowest BCUT2D eigenvalue weighted by atomic mass is 9.80. The first kappa shape index (κ1) is 12.2. The lowest BCUT2D eigenvalue weighted by molar-refractivity contribution is -0.145. The van der Waals surface area contributed by atoms with Gasteiger partial charge in [0.1, 0.15) is 0 Å². The third kappa shape index (κ3) is 2.22. The zero-order chi connectivity index (χ0) is 13.4. The average molecular weight is 263 g/mol. The van der Waals surface area contributed by atoms with Gasteiger partial charge in [0.05, 0.1) is 23.4 Å². The van der Waals surface area contributed by atoms with Crippen molar-refractivity contribution in [3.8, 4) is 0 Å². The molecule has 0 saturated heterocycles.